The molecule has 1 saturated heterocycles. The quantitative estimate of drug-likeness (QED) is 0.541. The predicted molar refractivity (Wildman–Crippen MR) is 105 cm³/mol. The Morgan fingerprint density at radius 3 is 2.26 bits per heavy atom. The number of halogens is 5. The Balaban J connectivity index is 1.63. The molecule has 1 aliphatic rings. The summed E-state index contributed by atoms with van der Waals surface area (Å²) in [6.45, 7) is 0.104. The number of likely N-dealkylation sites (tertiary alicyclic amines) is 1. The molecule has 1 unspecified atom stereocenters. The SMILES string of the molecule is NCc1cc2cc(-c3ccc(C(O)N4CCC(F)(F)CC4)cc3)cc(C(F)(F)F)c2o1. The molecule has 0 saturated carbocycles. The molecule has 0 bridgehead atoms. The summed E-state index contributed by atoms with van der Waals surface area (Å²) in [5, 5.41) is 10.8. The van der Waals surface area contributed by atoms with Crippen molar-refractivity contribution in [2.75, 3.05) is 13.1 Å². The highest BCUT2D eigenvalue weighted by Gasteiger charge is 2.37. The molecule has 0 radical (unpaired) electrons. The second-order valence-electron chi connectivity index (χ2n) is 7.74. The van der Waals surface area contributed by atoms with Crippen LogP contribution in [0.2, 0.25) is 0 Å². The molecule has 3 aromatic rings. The number of aliphatic hydroxyl groups excluding tert-OH is 1. The van der Waals surface area contributed by atoms with E-state index < -0.39 is 23.9 Å². The standard InChI is InChI=1S/C22H21F5N2O2/c23-21(24)5-7-29(8-6-21)20(30)14-3-1-13(2-4-14)15-9-16-10-17(12-28)31-19(16)18(11-15)22(25,26)27/h1-4,9-11,20,30H,5-8,12,28H2. The van der Waals surface area contributed by atoms with Gasteiger partial charge in [0, 0.05) is 31.3 Å². The molecule has 2 heterocycles. The van der Waals surface area contributed by atoms with Crippen molar-refractivity contribution >= 4 is 11.0 Å². The summed E-state index contributed by atoms with van der Waals surface area (Å²) in [5.41, 5.74) is 5.69. The van der Waals surface area contributed by atoms with Gasteiger partial charge in [-0.05, 0) is 34.9 Å². The van der Waals surface area contributed by atoms with E-state index >= 15 is 0 Å². The minimum Gasteiger partial charge on any atom is -0.459 e. The first kappa shape index (κ1) is 21.7. The van der Waals surface area contributed by atoms with E-state index in [1.54, 1.807) is 35.2 Å². The van der Waals surface area contributed by atoms with Crippen LogP contribution in [0.3, 0.4) is 0 Å². The fourth-order valence-electron chi connectivity index (χ4n) is 3.84. The first-order valence-corrected chi connectivity index (χ1v) is 9.81. The van der Waals surface area contributed by atoms with Crippen LogP contribution in [-0.2, 0) is 12.7 Å². The van der Waals surface area contributed by atoms with Crippen molar-refractivity contribution in [1.82, 2.24) is 4.90 Å². The number of furan rings is 1. The van der Waals surface area contributed by atoms with Crippen molar-refractivity contribution in [3.05, 3.63) is 59.4 Å². The molecule has 166 valence electrons. The molecule has 9 heteroatoms. The second-order valence-corrected chi connectivity index (χ2v) is 7.74. The number of nitrogens with zero attached hydrogens (tertiary/aromatic N) is 1. The van der Waals surface area contributed by atoms with Gasteiger partial charge >= 0.3 is 6.18 Å². The van der Waals surface area contributed by atoms with E-state index in [4.69, 9.17) is 10.2 Å². The summed E-state index contributed by atoms with van der Waals surface area (Å²) in [6, 6.07) is 10.5. The van der Waals surface area contributed by atoms with Crippen LogP contribution in [-0.4, -0.2) is 29.0 Å². The molecule has 1 aromatic heterocycles. The molecule has 0 spiro atoms. The zero-order chi connectivity index (χ0) is 22.4. The largest absolute Gasteiger partial charge is 0.459 e. The van der Waals surface area contributed by atoms with Crippen molar-refractivity contribution in [2.24, 2.45) is 5.73 Å². The van der Waals surface area contributed by atoms with Gasteiger partial charge in [-0.1, -0.05) is 24.3 Å². The lowest BCUT2D eigenvalue weighted by atomic mass is 9.98. The van der Waals surface area contributed by atoms with Crippen LogP contribution in [0.5, 0.6) is 0 Å². The monoisotopic (exact) mass is 440 g/mol. The van der Waals surface area contributed by atoms with Gasteiger partial charge < -0.3 is 15.3 Å². The van der Waals surface area contributed by atoms with Crippen molar-refractivity contribution in [1.29, 1.82) is 0 Å². The van der Waals surface area contributed by atoms with Crippen LogP contribution >= 0.6 is 0 Å². The van der Waals surface area contributed by atoms with E-state index in [1.165, 1.54) is 6.07 Å². The molecule has 1 fully saturated rings. The van der Waals surface area contributed by atoms with Crippen LogP contribution in [0.15, 0.2) is 46.9 Å². The smallest absolute Gasteiger partial charge is 0.420 e. The van der Waals surface area contributed by atoms with E-state index in [9.17, 15) is 27.1 Å². The minimum absolute atomic E-state index is 0.0175. The first-order valence-electron chi connectivity index (χ1n) is 9.81. The topological polar surface area (TPSA) is 62.6 Å². The van der Waals surface area contributed by atoms with Crippen molar-refractivity contribution in [2.45, 2.75) is 37.7 Å². The van der Waals surface area contributed by atoms with E-state index in [-0.39, 0.29) is 43.8 Å². The summed E-state index contributed by atoms with van der Waals surface area (Å²) >= 11 is 0. The fourth-order valence-corrected chi connectivity index (χ4v) is 3.84. The average Bonchev–Trinajstić information content (AvgIpc) is 3.15. The van der Waals surface area contributed by atoms with Crippen LogP contribution in [0.1, 0.15) is 36.0 Å². The maximum Gasteiger partial charge on any atom is 0.420 e. The predicted octanol–water partition coefficient (Wildman–Crippen LogP) is 5.30. The number of nitrogens with two attached hydrogens (primary N) is 1. The molecular weight excluding hydrogens is 419 g/mol. The van der Waals surface area contributed by atoms with Crippen LogP contribution in [0, 0.1) is 0 Å². The first-order chi connectivity index (χ1) is 14.6. The number of fused-ring (bicyclic) bond motifs is 1. The number of hydrogen-bond acceptors (Lipinski definition) is 4. The molecule has 1 atom stereocenters. The molecule has 0 aliphatic carbocycles. The normalized spacial score (nSPS) is 18.4. The number of alkyl halides is 5. The Labute approximate surface area is 175 Å². The highest BCUT2D eigenvalue weighted by molar-refractivity contribution is 5.87. The zero-order valence-corrected chi connectivity index (χ0v) is 16.4. The van der Waals surface area contributed by atoms with Gasteiger partial charge in [-0.15, -0.1) is 0 Å². The second kappa shape index (κ2) is 7.89. The Hall–Kier alpha value is -2.49. The summed E-state index contributed by atoms with van der Waals surface area (Å²) < 4.78 is 72.7. The van der Waals surface area contributed by atoms with Gasteiger partial charge in [0.05, 0.1) is 12.1 Å². The highest BCUT2D eigenvalue weighted by Crippen LogP contribution is 2.39. The Morgan fingerprint density at radius 1 is 1.03 bits per heavy atom. The van der Waals surface area contributed by atoms with Gasteiger partial charge in [0.2, 0.25) is 0 Å². The highest BCUT2D eigenvalue weighted by atomic mass is 19.4. The maximum absolute atomic E-state index is 13.6. The lowest BCUT2D eigenvalue weighted by Crippen LogP contribution is -2.41. The summed E-state index contributed by atoms with van der Waals surface area (Å²) in [6.07, 6.45) is -6.31. The van der Waals surface area contributed by atoms with Crippen LogP contribution in [0.4, 0.5) is 22.0 Å². The van der Waals surface area contributed by atoms with Crippen molar-refractivity contribution < 1.29 is 31.5 Å². The van der Waals surface area contributed by atoms with Crippen molar-refractivity contribution in [3.63, 3.8) is 0 Å². The summed E-state index contributed by atoms with van der Waals surface area (Å²) in [7, 11) is 0. The summed E-state index contributed by atoms with van der Waals surface area (Å²) in [4.78, 5) is 1.56. The number of benzene rings is 2. The Kier molecular flexibility index (Phi) is 5.53. The van der Waals surface area contributed by atoms with Gasteiger partial charge in [-0.25, -0.2) is 8.78 Å². The molecule has 4 nitrogen and oxygen atoms in total. The molecular formula is C22H21F5N2O2. The van der Waals surface area contributed by atoms with Gasteiger partial charge in [0.25, 0.3) is 5.92 Å². The molecule has 4 rings (SSSR count). The van der Waals surface area contributed by atoms with E-state index in [1.807, 2.05) is 0 Å². The van der Waals surface area contributed by atoms with E-state index in [0.717, 1.165) is 6.07 Å². The third-order valence-corrected chi connectivity index (χ3v) is 5.59. The van der Waals surface area contributed by atoms with E-state index in [0.29, 0.717) is 22.1 Å². The van der Waals surface area contributed by atoms with Crippen molar-refractivity contribution in [3.8, 4) is 11.1 Å². The average molecular weight is 440 g/mol. The van der Waals surface area contributed by atoms with Crippen LogP contribution in [0.25, 0.3) is 22.1 Å². The fraction of sp³-hybridized carbons (Fsp3) is 0.364. The molecule has 3 N–H and O–H groups in total. The van der Waals surface area contributed by atoms with Crippen LogP contribution < -0.4 is 5.73 Å². The third-order valence-electron chi connectivity index (χ3n) is 5.59. The number of rotatable bonds is 4. The lowest BCUT2D eigenvalue weighted by molar-refractivity contribution is -0.136. The lowest BCUT2D eigenvalue weighted by Gasteiger charge is -2.35. The molecule has 2 aromatic carbocycles. The minimum atomic E-state index is -4.61. The molecule has 1 aliphatic heterocycles. The van der Waals surface area contributed by atoms with Gasteiger partial charge in [0.1, 0.15) is 17.6 Å². The zero-order valence-electron chi connectivity index (χ0n) is 16.4. The Bertz CT molecular complexity index is 1070. The molecule has 0 amide bonds. The maximum atomic E-state index is 13.6. The van der Waals surface area contributed by atoms with Gasteiger partial charge in [-0.3, -0.25) is 4.90 Å². The number of piperidine rings is 1. The number of hydrogen-bond donors (Lipinski definition) is 2. The molecule has 31 heavy (non-hydrogen) atoms. The summed E-state index contributed by atoms with van der Waals surface area (Å²) in [5.74, 6) is -2.46. The number of aliphatic hydroxyl groups is 1. The Morgan fingerprint density at radius 2 is 1.68 bits per heavy atom. The third kappa shape index (κ3) is 4.44. The van der Waals surface area contributed by atoms with E-state index in [2.05, 4.69) is 0 Å². The van der Waals surface area contributed by atoms with Gasteiger partial charge in [-0.2, -0.15) is 13.2 Å². The van der Waals surface area contributed by atoms with Gasteiger partial charge in [0.15, 0.2) is 0 Å².